The van der Waals surface area contributed by atoms with Gasteiger partial charge in [0.25, 0.3) is 0 Å². The van der Waals surface area contributed by atoms with E-state index in [2.05, 4.69) is 20.4 Å². The second-order valence-electron chi connectivity index (χ2n) is 5.18. The minimum Gasteiger partial charge on any atom is -0.406 e. The Kier molecular flexibility index (Phi) is 5.67. The summed E-state index contributed by atoms with van der Waals surface area (Å²) < 4.78 is 41.8. The second kappa shape index (κ2) is 7.71. The first-order valence-corrected chi connectivity index (χ1v) is 7.16. The summed E-state index contributed by atoms with van der Waals surface area (Å²) in [7, 11) is 0. The molecule has 1 heterocycles. The minimum atomic E-state index is -4.72. The molecule has 0 aliphatic rings. The van der Waals surface area contributed by atoms with Gasteiger partial charge in [0.1, 0.15) is 5.75 Å². The van der Waals surface area contributed by atoms with Gasteiger partial charge in [-0.25, -0.2) is 9.78 Å². The SMILES string of the molecule is CC(Cn1ccnc1)NC(=O)NCc1ccc(OC(F)(F)F)cc1. The van der Waals surface area contributed by atoms with Crippen molar-refractivity contribution in [3.8, 4) is 5.75 Å². The van der Waals surface area contributed by atoms with Crippen molar-refractivity contribution in [1.29, 1.82) is 0 Å². The molecule has 2 amide bonds. The van der Waals surface area contributed by atoms with Crippen LogP contribution < -0.4 is 15.4 Å². The second-order valence-corrected chi connectivity index (χ2v) is 5.18. The molecule has 0 saturated carbocycles. The fraction of sp³-hybridized carbons (Fsp3) is 0.333. The van der Waals surface area contributed by atoms with Crippen LogP contribution in [0.1, 0.15) is 12.5 Å². The summed E-state index contributed by atoms with van der Waals surface area (Å²) in [6.45, 7) is 2.62. The van der Waals surface area contributed by atoms with Gasteiger partial charge in [-0.1, -0.05) is 12.1 Å². The first-order valence-electron chi connectivity index (χ1n) is 7.16. The van der Waals surface area contributed by atoms with E-state index in [1.165, 1.54) is 24.3 Å². The van der Waals surface area contributed by atoms with E-state index in [4.69, 9.17) is 0 Å². The third kappa shape index (κ3) is 6.19. The lowest BCUT2D eigenvalue weighted by molar-refractivity contribution is -0.274. The summed E-state index contributed by atoms with van der Waals surface area (Å²) in [4.78, 5) is 15.7. The third-order valence-corrected chi connectivity index (χ3v) is 3.03. The van der Waals surface area contributed by atoms with Gasteiger partial charge in [0.05, 0.1) is 6.33 Å². The average molecular weight is 342 g/mol. The van der Waals surface area contributed by atoms with Gasteiger partial charge < -0.3 is 19.9 Å². The van der Waals surface area contributed by atoms with Crippen LogP contribution in [0, 0.1) is 0 Å². The van der Waals surface area contributed by atoms with Crippen molar-refractivity contribution in [1.82, 2.24) is 20.2 Å². The van der Waals surface area contributed by atoms with Gasteiger partial charge in [0, 0.05) is 31.5 Å². The number of amides is 2. The van der Waals surface area contributed by atoms with Gasteiger partial charge in [-0.2, -0.15) is 0 Å². The van der Waals surface area contributed by atoms with Crippen LogP contribution in [0.3, 0.4) is 0 Å². The Bertz CT molecular complexity index is 642. The molecule has 0 fully saturated rings. The zero-order valence-corrected chi connectivity index (χ0v) is 12.9. The maximum atomic E-state index is 12.1. The van der Waals surface area contributed by atoms with E-state index in [0.717, 1.165) is 0 Å². The molecule has 0 spiro atoms. The lowest BCUT2D eigenvalue weighted by Gasteiger charge is -2.15. The van der Waals surface area contributed by atoms with Crippen molar-refractivity contribution in [2.24, 2.45) is 0 Å². The lowest BCUT2D eigenvalue weighted by atomic mass is 10.2. The van der Waals surface area contributed by atoms with Crippen LogP contribution in [-0.4, -0.2) is 28.0 Å². The van der Waals surface area contributed by atoms with Crippen molar-refractivity contribution in [3.63, 3.8) is 0 Å². The number of hydrogen-bond acceptors (Lipinski definition) is 3. The zero-order valence-electron chi connectivity index (χ0n) is 12.9. The van der Waals surface area contributed by atoms with Gasteiger partial charge in [0.15, 0.2) is 0 Å². The van der Waals surface area contributed by atoms with Gasteiger partial charge in [-0.05, 0) is 24.6 Å². The molecular formula is C15H17F3N4O2. The lowest BCUT2D eigenvalue weighted by Crippen LogP contribution is -2.42. The van der Waals surface area contributed by atoms with E-state index in [-0.39, 0.29) is 24.4 Å². The number of nitrogens with zero attached hydrogens (tertiary/aromatic N) is 2. The molecule has 6 nitrogen and oxygen atoms in total. The summed E-state index contributed by atoms with van der Waals surface area (Å²) in [6, 6.07) is 4.83. The Morgan fingerprint density at radius 1 is 1.33 bits per heavy atom. The highest BCUT2D eigenvalue weighted by Gasteiger charge is 2.30. The van der Waals surface area contributed by atoms with E-state index in [9.17, 15) is 18.0 Å². The number of urea groups is 1. The molecule has 24 heavy (non-hydrogen) atoms. The molecule has 1 unspecified atom stereocenters. The number of hydrogen-bond donors (Lipinski definition) is 2. The number of benzene rings is 1. The molecule has 1 aromatic heterocycles. The van der Waals surface area contributed by atoms with Crippen LogP contribution in [-0.2, 0) is 13.1 Å². The standard InChI is InChI=1S/C15H17F3N4O2/c1-11(9-22-7-6-19-10-22)21-14(23)20-8-12-2-4-13(5-3-12)24-15(16,17)18/h2-7,10-11H,8-9H2,1H3,(H2,20,21,23). The number of nitrogens with one attached hydrogen (secondary N) is 2. The highest BCUT2D eigenvalue weighted by molar-refractivity contribution is 5.74. The Balaban J connectivity index is 1.75. The predicted octanol–water partition coefficient (Wildman–Crippen LogP) is 2.67. The van der Waals surface area contributed by atoms with Crippen LogP contribution in [0.2, 0.25) is 0 Å². The summed E-state index contributed by atoms with van der Waals surface area (Å²) in [5, 5.41) is 5.40. The summed E-state index contributed by atoms with van der Waals surface area (Å²) in [5.41, 5.74) is 0.655. The Labute approximate surface area is 136 Å². The maximum Gasteiger partial charge on any atom is 0.573 e. The number of halogens is 3. The van der Waals surface area contributed by atoms with Crippen molar-refractivity contribution in [2.45, 2.75) is 32.4 Å². The highest BCUT2D eigenvalue weighted by Crippen LogP contribution is 2.22. The van der Waals surface area contributed by atoms with Crippen LogP contribution in [0.4, 0.5) is 18.0 Å². The molecule has 1 aromatic carbocycles. The number of imidazole rings is 1. The number of ether oxygens (including phenoxy) is 1. The van der Waals surface area contributed by atoms with E-state index in [0.29, 0.717) is 12.1 Å². The van der Waals surface area contributed by atoms with E-state index in [1.54, 1.807) is 18.7 Å². The van der Waals surface area contributed by atoms with Gasteiger partial charge in [0.2, 0.25) is 0 Å². The van der Waals surface area contributed by atoms with Gasteiger partial charge in [-0.15, -0.1) is 13.2 Å². The smallest absolute Gasteiger partial charge is 0.406 e. The summed E-state index contributed by atoms with van der Waals surface area (Å²) in [5.74, 6) is -0.301. The predicted molar refractivity (Wildman–Crippen MR) is 80.2 cm³/mol. The van der Waals surface area contributed by atoms with E-state index >= 15 is 0 Å². The van der Waals surface area contributed by atoms with Gasteiger partial charge >= 0.3 is 12.4 Å². The Morgan fingerprint density at radius 2 is 2.04 bits per heavy atom. The molecule has 130 valence electrons. The fourth-order valence-electron chi connectivity index (χ4n) is 2.02. The molecule has 2 aromatic rings. The molecule has 0 aliphatic heterocycles. The third-order valence-electron chi connectivity index (χ3n) is 3.03. The average Bonchev–Trinajstić information content (AvgIpc) is 2.97. The molecule has 0 bridgehead atoms. The van der Waals surface area contributed by atoms with Crippen LogP contribution in [0.15, 0.2) is 43.0 Å². The fourth-order valence-corrected chi connectivity index (χ4v) is 2.02. The Morgan fingerprint density at radius 3 is 2.62 bits per heavy atom. The van der Waals surface area contributed by atoms with Crippen molar-refractivity contribution < 1.29 is 22.7 Å². The Hall–Kier alpha value is -2.71. The quantitative estimate of drug-likeness (QED) is 0.848. The number of aromatic nitrogens is 2. The molecule has 1 atom stereocenters. The summed E-state index contributed by atoms with van der Waals surface area (Å²) >= 11 is 0. The van der Waals surface area contributed by atoms with E-state index in [1.807, 2.05) is 11.5 Å². The molecule has 2 rings (SSSR count). The van der Waals surface area contributed by atoms with Gasteiger partial charge in [-0.3, -0.25) is 0 Å². The first kappa shape index (κ1) is 17.6. The number of rotatable bonds is 6. The molecular weight excluding hydrogens is 325 g/mol. The number of alkyl halides is 3. The normalized spacial score (nSPS) is 12.5. The molecule has 0 radical (unpaired) electrons. The largest absolute Gasteiger partial charge is 0.573 e. The van der Waals surface area contributed by atoms with Crippen LogP contribution >= 0.6 is 0 Å². The van der Waals surface area contributed by atoms with Crippen molar-refractivity contribution in [3.05, 3.63) is 48.5 Å². The molecule has 9 heteroatoms. The number of carbonyl (C=O) groups is 1. The molecule has 0 aliphatic carbocycles. The molecule has 2 N–H and O–H groups in total. The first-order chi connectivity index (χ1) is 11.3. The monoisotopic (exact) mass is 342 g/mol. The van der Waals surface area contributed by atoms with Crippen molar-refractivity contribution in [2.75, 3.05) is 0 Å². The molecule has 0 saturated heterocycles. The zero-order chi connectivity index (χ0) is 17.6. The highest BCUT2D eigenvalue weighted by atomic mass is 19.4. The van der Waals surface area contributed by atoms with Crippen LogP contribution in [0.5, 0.6) is 5.75 Å². The summed E-state index contributed by atoms with van der Waals surface area (Å²) in [6.07, 6.45) is 0.380. The van der Waals surface area contributed by atoms with Crippen LogP contribution in [0.25, 0.3) is 0 Å². The topological polar surface area (TPSA) is 68.2 Å². The number of carbonyl (C=O) groups excluding carboxylic acids is 1. The maximum absolute atomic E-state index is 12.1. The van der Waals surface area contributed by atoms with Crippen molar-refractivity contribution >= 4 is 6.03 Å². The minimum absolute atomic E-state index is 0.109. The van der Waals surface area contributed by atoms with E-state index < -0.39 is 6.36 Å².